The fraction of sp³-hybridized carbons (Fsp3) is 0.385. The summed E-state index contributed by atoms with van der Waals surface area (Å²) in [5, 5.41) is 19.8. The maximum absolute atomic E-state index is 11.2. The lowest BCUT2D eigenvalue weighted by molar-refractivity contribution is -0.386. The van der Waals surface area contributed by atoms with E-state index in [0.29, 0.717) is 0 Å². The number of nitro benzene ring substituents is 1. The number of hydrogen-bond acceptors (Lipinski definition) is 7. The van der Waals surface area contributed by atoms with Crippen LogP contribution in [0.4, 0.5) is 5.69 Å². The summed E-state index contributed by atoms with van der Waals surface area (Å²) < 4.78 is 14.9. The molecular weight excluding hydrogens is 298 g/mol. The zero-order chi connectivity index (χ0) is 16.9. The molecule has 0 radical (unpaired) electrons. The summed E-state index contributed by atoms with van der Waals surface area (Å²) in [5.74, 6) is -1.81. The van der Waals surface area contributed by atoms with Crippen molar-refractivity contribution in [2.24, 2.45) is 0 Å². The van der Waals surface area contributed by atoms with Crippen LogP contribution in [0.3, 0.4) is 0 Å². The minimum absolute atomic E-state index is 0.0876. The third-order valence-corrected chi connectivity index (χ3v) is 2.64. The van der Waals surface area contributed by atoms with Gasteiger partial charge in [-0.3, -0.25) is 14.9 Å². The first-order valence-corrected chi connectivity index (χ1v) is 6.14. The van der Waals surface area contributed by atoms with Crippen molar-refractivity contribution < 1.29 is 33.8 Å². The molecule has 0 amide bonds. The van der Waals surface area contributed by atoms with Gasteiger partial charge in [0, 0.05) is 6.92 Å². The number of nitro groups is 1. The molecule has 0 aromatic heterocycles. The van der Waals surface area contributed by atoms with Crippen molar-refractivity contribution in [3.63, 3.8) is 0 Å². The molecule has 0 bridgehead atoms. The third-order valence-electron chi connectivity index (χ3n) is 2.64. The van der Waals surface area contributed by atoms with E-state index in [1.165, 1.54) is 27.0 Å². The van der Waals surface area contributed by atoms with Crippen LogP contribution in [0.5, 0.6) is 11.5 Å². The second kappa shape index (κ2) is 7.25. The number of ether oxygens (including phenoxy) is 3. The highest BCUT2D eigenvalue weighted by molar-refractivity contribution is 5.69. The van der Waals surface area contributed by atoms with Gasteiger partial charge in [0.15, 0.2) is 18.1 Å². The molecule has 9 nitrogen and oxygen atoms in total. The number of hydrogen-bond donors (Lipinski definition) is 1. The van der Waals surface area contributed by atoms with Crippen LogP contribution < -0.4 is 9.47 Å². The highest BCUT2D eigenvalue weighted by Crippen LogP contribution is 2.38. The van der Waals surface area contributed by atoms with Gasteiger partial charge in [0.1, 0.15) is 6.10 Å². The Morgan fingerprint density at radius 1 is 1.36 bits per heavy atom. The van der Waals surface area contributed by atoms with Gasteiger partial charge >= 0.3 is 11.9 Å². The van der Waals surface area contributed by atoms with Gasteiger partial charge in [-0.05, 0) is 13.0 Å². The fourth-order valence-electron chi connectivity index (χ4n) is 1.77. The second-order valence-electron chi connectivity index (χ2n) is 4.25. The Morgan fingerprint density at radius 3 is 2.45 bits per heavy atom. The lowest BCUT2D eigenvalue weighted by Gasteiger charge is -2.16. The minimum Gasteiger partial charge on any atom is -0.493 e. The van der Waals surface area contributed by atoms with Gasteiger partial charge in [-0.1, -0.05) is 0 Å². The van der Waals surface area contributed by atoms with E-state index in [0.717, 1.165) is 6.07 Å². The van der Waals surface area contributed by atoms with Crippen LogP contribution in [0, 0.1) is 10.1 Å². The molecule has 120 valence electrons. The quantitative estimate of drug-likeness (QED) is 0.458. The molecule has 1 aromatic carbocycles. The molecule has 0 aliphatic carbocycles. The molecule has 1 aromatic rings. The van der Waals surface area contributed by atoms with Crippen molar-refractivity contribution in [2.75, 3.05) is 13.7 Å². The van der Waals surface area contributed by atoms with Crippen LogP contribution in [-0.2, 0) is 14.3 Å². The Kier molecular flexibility index (Phi) is 5.67. The minimum atomic E-state index is -1.23. The van der Waals surface area contributed by atoms with E-state index in [2.05, 4.69) is 0 Å². The second-order valence-corrected chi connectivity index (χ2v) is 4.25. The predicted molar refractivity (Wildman–Crippen MR) is 73.0 cm³/mol. The molecule has 0 aliphatic heterocycles. The molecule has 0 heterocycles. The van der Waals surface area contributed by atoms with Gasteiger partial charge in [-0.25, -0.2) is 4.79 Å². The first-order valence-electron chi connectivity index (χ1n) is 6.14. The number of rotatable bonds is 7. The van der Waals surface area contributed by atoms with Gasteiger partial charge in [0.2, 0.25) is 0 Å². The lowest BCUT2D eigenvalue weighted by atomic mass is 10.1. The Labute approximate surface area is 125 Å². The number of esters is 1. The van der Waals surface area contributed by atoms with Crippen molar-refractivity contribution in [1.82, 2.24) is 0 Å². The molecule has 1 unspecified atom stereocenters. The summed E-state index contributed by atoms with van der Waals surface area (Å²) in [4.78, 5) is 32.0. The Morgan fingerprint density at radius 2 is 2.00 bits per heavy atom. The van der Waals surface area contributed by atoms with Crippen molar-refractivity contribution in [3.8, 4) is 11.5 Å². The molecule has 0 aliphatic rings. The van der Waals surface area contributed by atoms with Crippen LogP contribution in [0.25, 0.3) is 0 Å². The van der Waals surface area contributed by atoms with Gasteiger partial charge in [-0.15, -0.1) is 0 Å². The third kappa shape index (κ3) is 4.33. The first kappa shape index (κ1) is 17.2. The van der Waals surface area contributed by atoms with Gasteiger partial charge in [0.25, 0.3) is 5.69 Å². The number of aliphatic carboxylic acids is 1. The zero-order valence-corrected chi connectivity index (χ0v) is 12.2. The van der Waals surface area contributed by atoms with Crippen molar-refractivity contribution in [3.05, 3.63) is 27.8 Å². The maximum Gasteiger partial charge on any atom is 0.341 e. The normalized spacial score (nSPS) is 11.4. The van der Waals surface area contributed by atoms with E-state index in [1.807, 2.05) is 0 Å². The van der Waals surface area contributed by atoms with E-state index in [-0.39, 0.29) is 22.7 Å². The Hall–Kier alpha value is -2.84. The molecule has 1 N–H and O–H groups in total. The van der Waals surface area contributed by atoms with E-state index in [1.54, 1.807) is 0 Å². The molecule has 1 rings (SSSR count). The first-order chi connectivity index (χ1) is 10.3. The van der Waals surface area contributed by atoms with Crippen LogP contribution in [0.15, 0.2) is 12.1 Å². The average molecular weight is 313 g/mol. The largest absolute Gasteiger partial charge is 0.493 e. The predicted octanol–water partition coefficient (Wildman–Crippen LogP) is 1.69. The fourth-order valence-corrected chi connectivity index (χ4v) is 1.77. The molecule has 22 heavy (non-hydrogen) atoms. The molecule has 0 saturated heterocycles. The maximum atomic E-state index is 11.2. The van der Waals surface area contributed by atoms with Crippen LogP contribution in [0.1, 0.15) is 25.5 Å². The number of benzene rings is 1. The number of carbonyl (C=O) groups excluding carboxylic acids is 1. The summed E-state index contributed by atoms with van der Waals surface area (Å²) in [5.41, 5.74) is -0.255. The molecule has 9 heteroatoms. The monoisotopic (exact) mass is 313 g/mol. The number of nitrogens with zero attached hydrogens (tertiary/aromatic N) is 1. The number of methoxy groups -OCH3 is 1. The lowest BCUT2D eigenvalue weighted by Crippen LogP contribution is -2.12. The number of carbonyl (C=O) groups is 2. The summed E-state index contributed by atoms with van der Waals surface area (Å²) in [6.07, 6.45) is -0.875. The average Bonchev–Trinajstić information content (AvgIpc) is 2.42. The molecule has 0 saturated carbocycles. The summed E-state index contributed by atoms with van der Waals surface area (Å²) in [6, 6.07) is 2.32. The van der Waals surface area contributed by atoms with E-state index in [4.69, 9.17) is 19.3 Å². The Bertz CT molecular complexity index is 598. The van der Waals surface area contributed by atoms with E-state index < -0.39 is 29.6 Å². The molecular formula is C13H15NO8. The smallest absolute Gasteiger partial charge is 0.341 e. The highest BCUT2D eigenvalue weighted by atomic mass is 16.6. The van der Waals surface area contributed by atoms with Crippen LogP contribution in [-0.4, -0.2) is 35.7 Å². The molecule has 0 spiro atoms. The molecule has 0 fully saturated rings. The number of carboxylic acids is 1. The SMILES string of the molecule is COc1cc(C(C)OC(C)=O)c([N+](=O)[O-])cc1OCC(=O)O. The standard InChI is InChI=1S/C13H15NO8/c1-7(22-8(2)15)9-4-11(20-3)12(21-6-13(16)17)5-10(9)14(18)19/h4-5,7H,6H2,1-3H3,(H,16,17). The summed E-state index contributed by atoms with van der Waals surface area (Å²) >= 11 is 0. The van der Waals surface area contributed by atoms with Crippen LogP contribution >= 0.6 is 0 Å². The van der Waals surface area contributed by atoms with Gasteiger partial charge in [0.05, 0.1) is 23.7 Å². The van der Waals surface area contributed by atoms with E-state index in [9.17, 15) is 19.7 Å². The van der Waals surface area contributed by atoms with Crippen LogP contribution in [0.2, 0.25) is 0 Å². The summed E-state index contributed by atoms with van der Waals surface area (Å²) in [7, 11) is 1.30. The molecule has 1 atom stereocenters. The zero-order valence-electron chi connectivity index (χ0n) is 12.2. The number of carboxylic acid groups (broad SMARTS) is 1. The van der Waals surface area contributed by atoms with Crippen molar-refractivity contribution >= 4 is 17.6 Å². The van der Waals surface area contributed by atoms with Gasteiger partial charge in [-0.2, -0.15) is 0 Å². The Balaban J connectivity index is 3.29. The van der Waals surface area contributed by atoms with E-state index >= 15 is 0 Å². The van der Waals surface area contributed by atoms with Crippen molar-refractivity contribution in [1.29, 1.82) is 0 Å². The highest BCUT2D eigenvalue weighted by Gasteiger charge is 2.25. The van der Waals surface area contributed by atoms with Crippen molar-refractivity contribution in [2.45, 2.75) is 20.0 Å². The van der Waals surface area contributed by atoms with Gasteiger partial charge < -0.3 is 19.3 Å². The topological polar surface area (TPSA) is 125 Å². The summed E-state index contributed by atoms with van der Waals surface area (Å²) in [6.45, 7) is 1.98.